The van der Waals surface area contributed by atoms with Crippen LogP contribution in [-0.2, 0) is 16.6 Å². The second-order valence-electron chi connectivity index (χ2n) is 6.94. The molecule has 5 nitrogen and oxygen atoms in total. The van der Waals surface area contributed by atoms with E-state index in [4.69, 9.17) is 4.74 Å². The van der Waals surface area contributed by atoms with E-state index in [-0.39, 0.29) is 11.1 Å². The lowest BCUT2D eigenvalue weighted by molar-refractivity contribution is -0.130. The van der Waals surface area contributed by atoms with Crippen molar-refractivity contribution in [2.75, 3.05) is 6.61 Å². The van der Waals surface area contributed by atoms with E-state index in [9.17, 15) is 14.7 Å². The van der Waals surface area contributed by atoms with Crippen LogP contribution < -0.4 is 4.74 Å². The van der Waals surface area contributed by atoms with E-state index >= 15 is 0 Å². The molecule has 0 spiro atoms. The molecule has 0 amide bonds. The minimum absolute atomic E-state index is 0.0104. The van der Waals surface area contributed by atoms with Gasteiger partial charge in [-0.2, -0.15) is 0 Å². The van der Waals surface area contributed by atoms with Crippen molar-refractivity contribution < 1.29 is 19.4 Å². The molecule has 2 heterocycles. The number of carboxylic acid groups (broad SMARTS) is 1. The monoisotopic (exact) mass is 419 g/mol. The molecule has 0 fully saturated rings. The van der Waals surface area contributed by atoms with Gasteiger partial charge in [-0.05, 0) is 26.0 Å². The lowest BCUT2D eigenvalue weighted by Crippen LogP contribution is -2.07. The summed E-state index contributed by atoms with van der Waals surface area (Å²) in [6.07, 6.45) is 0.641. The van der Waals surface area contributed by atoms with Gasteiger partial charge in [0.1, 0.15) is 0 Å². The molecule has 30 heavy (non-hydrogen) atoms. The molecule has 0 aliphatic carbocycles. The Morgan fingerprint density at radius 3 is 2.43 bits per heavy atom. The minimum Gasteiger partial charge on any atom is -0.484 e. The van der Waals surface area contributed by atoms with Gasteiger partial charge in [-0.1, -0.05) is 47.7 Å². The number of hydrogen-bond donors (Lipinski definition) is 1. The molecule has 2 aromatic heterocycles. The molecule has 0 radical (unpaired) electrons. The number of carbonyl (C=O) groups is 2. The molecule has 6 heteroatoms. The molecule has 0 aliphatic heterocycles. The smallest absolute Gasteiger partial charge is 0.337 e. The van der Waals surface area contributed by atoms with Crippen LogP contribution in [0.3, 0.4) is 0 Å². The number of fused-ring (bicyclic) bond motifs is 2. The van der Waals surface area contributed by atoms with Gasteiger partial charge in [0, 0.05) is 50.4 Å². The van der Waals surface area contributed by atoms with Crippen molar-refractivity contribution >= 4 is 55.7 Å². The molecule has 0 bridgehead atoms. The van der Waals surface area contributed by atoms with E-state index in [1.807, 2.05) is 74.0 Å². The fourth-order valence-electron chi connectivity index (χ4n) is 3.95. The van der Waals surface area contributed by atoms with E-state index in [1.54, 1.807) is 0 Å². The summed E-state index contributed by atoms with van der Waals surface area (Å²) in [5.41, 5.74) is 2.91. The fourth-order valence-corrected chi connectivity index (χ4v) is 5.07. The highest BCUT2D eigenvalue weighted by molar-refractivity contribution is 7.21. The van der Waals surface area contributed by atoms with Gasteiger partial charge in [0.15, 0.2) is 11.3 Å². The zero-order valence-electron chi connectivity index (χ0n) is 16.9. The third-order valence-electron chi connectivity index (χ3n) is 5.36. The van der Waals surface area contributed by atoms with Crippen molar-refractivity contribution in [3.8, 4) is 5.06 Å². The first-order valence-electron chi connectivity index (χ1n) is 9.61. The van der Waals surface area contributed by atoms with Crippen molar-refractivity contribution in [3.05, 3.63) is 65.4 Å². The van der Waals surface area contributed by atoms with Crippen LogP contribution in [0.4, 0.5) is 0 Å². The number of aldehydes is 1. The Morgan fingerprint density at radius 2 is 1.77 bits per heavy atom. The van der Waals surface area contributed by atoms with Crippen molar-refractivity contribution in [2.24, 2.45) is 7.05 Å². The van der Waals surface area contributed by atoms with Gasteiger partial charge in [0.25, 0.3) is 0 Å². The van der Waals surface area contributed by atoms with E-state index < -0.39 is 5.97 Å². The number of aromatic nitrogens is 1. The van der Waals surface area contributed by atoms with Crippen LogP contribution in [0.25, 0.3) is 32.1 Å². The Labute approximate surface area is 177 Å². The second kappa shape index (κ2) is 7.80. The van der Waals surface area contributed by atoms with Gasteiger partial charge < -0.3 is 14.4 Å². The number of hydrogen-bond acceptors (Lipinski definition) is 4. The van der Waals surface area contributed by atoms with Crippen molar-refractivity contribution in [3.63, 3.8) is 0 Å². The lowest BCUT2D eigenvalue weighted by Gasteiger charge is -2.11. The van der Waals surface area contributed by atoms with Crippen molar-refractivity contribution in [1.82, 2.24) is 4.57 Å². The zero-order chi connectivity index (χ0) is 21.4. The normalized spacial score (nSPS) is 12.2. The third kappa shape index (κ3) is 3.00. The molecule has 0 saturated carbocycles. The van der Waals surface area contributed by atoms with Crippen LogP contribution >= 0.6 is 11.3 Å². The maximum absolute atomic E-state index is 12.5. The van der Waals surface area contributed by atoms with Gasteiger partial charge in [0.2, 0.25) is 0 Å². The summed E-state index contributed by atoms with van der Waals surface area (Å²) in [4.78, 5) is 24.9. The summed E-state index contributed by atoms with van der Waals surface area (Å²) < 4.78 is 8.71. The summed E-state index contributed by atoms with van der Waals surface area (Å²) in [5.74, 6) is -1.14. The van der Waals surface area contributed by atoms with Gasteiger partial charge in [-0.15, -0.1) is 0 Å². The van der Waals surface area contributed by atoms with Crippen LogP contribution in [-0.4, -0.2) is 28.5 Å². The Bertz CT molecular complexity index is 1330. The average Bonchev–Trinajstić information content (AvgIpc) is 3.22. The minimum atomic E-state index is -1.14. The Morgan fingerprint density at radius 1 is 1.10 bits per heavy atom. The number of carbonyl (C=O) groups excluding carboxylic acids is 1. The number of thiophene rings is 1. The number of nitrogens with zero attached hydrogens (tertiary/aromatic N) is 1. The summed E-state index contributed by atoms with van der Waals surface area (Å²) in [5, 5.41) is 12.4. The Balaban J connectivity index is 2.15. The maximum atomic E-state index is 12.5. The summed E-state index contributed by atoms with van der Waals surface area (Å²) in [7, 11) is 1.90. The fraction of sp³-hybridized carbons (Fsp3) is 0.167. The third-order valence-corrected chi connectivity index (χ3v) is 6.44. The first-order valence-corrected chi connectivity index (χ1v) is 10.4. The number of para-hydroxylation sites is 1. The van der Waals surface area contributed by atoms with Gasteiger partial charge in [0.05, 0.1) is 12.2 Å². The van der Waals surface area contributed by atoms with Gasteiger partial charge in [-0.25, -0.2) is 4.79 Å². The van der Waals surface area contributed by atoms with Crippen LogP contribution in [0.1, 0.15) is 23.7 Å². The number of aryl methyl sites for hydroxylation is 1. The number of allylic oxidation sites excluding steroid dienone is 1. The predicted octanol–water partition coefficient (Wildman–Crippen LogP) is 5.29. The van der Waals surface area contributed by atoms with Gasteiger partial charge in [-0.3, -0.25) is 4.79 Å². The van der Waals surface area contributed by atoms with E-state index in [0.29, 0.717) is 29.1 Å². The quantitative estimate of drug-likeness (QED) is 0.340. The highest BCUT2D eigenvalue weighted by Crippen LogP contribution is 2.44. The van der Waals surface area contributed by atoms with Crippen LogP contribution in [0.15, 0.2) is 48.5 Å². The summed E-state index contributed by atoms with van der Waals surface area (Å²) in [6.45, 7) is 4.16. The second-order valence-corrected chi connectivity index (χ2v) is 7.96. The van der Waals surface area contributed by atoms with Gasteiger partial charge >= 0.3 is 5.97 Å². The van der Waals surface area contributed by atoms with Crippen molar-refractivity contribution in [2.45, 2.75) is 13.8 Å². The molecule has 1 N–H and O–H groups in total. The molecule has 4 rings (SSSR count). The van der Waals surface area contributed by atoms with E-state index in [1.165, 1.54) is 11.3 Å². The zero-order valence-corrected chi connectivity index (χ0v) is 17.7. The van der Waals surface area contributed by atoms with Crippen LogP contribution in [0.5, 0.6) is 5.06 Å². The van der Waals surface area contributed by atoms with Crippen LogP contribution in [0.2, 0.25) is 0 Å². The first-order chi connectivity index (χ1) is 14.5. The molecule has 0 saturated heterocycles. The predicted molar refractivity (Wildman–Crippen MR) is 121 cm³/mol. The lowest BCUT2D eigenvalue weighted by atomic mass is 9.93. The standard InChI is InChI=1S/C24H21NO4S/c1-4-29-24-21(16-10-6-8-12-19(16)30-24)17(13-26)22(23(27)28)20-14(2)25(3)18-11-7-5-9-15(18)20/h5-13H,4H2,1-3H3,(H,27,28)/b22-17+. The summed E-state index contributed by atoms with van der Waals surface area (Å²) in [6, 6.07) is 15.2. The van der Waals surface area contributed by atoms with Crippen molar-refractivity contribution in [1.29, 1.82) is 0 Å². The largest absolute Gasteiger partial charge is 0.484 e. The molecule has 4 aromatic rings. The van der Waals surface area contributed by atoms with E-state index in [0.717, 1.165) is 26.7 Å². The number of carboxylic acids is 1. The highest BCUT2D eigenvalue weighted by Gasteiger charge is 2.28. The number of benzene rings is 2. The molecule has 152 valence electrons. The molecular weight excluding hydrogens is 398 g/mol. The SMILES string of the molecule is CCOc1sc2ccccc2c1/C(C=O)=C(/C(=O)O)c1c(C)n(C)c2ccccc12. The average molecular weight is 420 g/mol. The molecular formula is C24H21NO4S. The summed E-state index contributed by atoms with van der Waals surface area (Å²) >= 11 is 1.42. The molecule has 0 aliphatic rings. The first kappa shape index (κ1) is 19.9. The topological polar surface area (TPSA) is 68.5 Å². The number of rotatable bonds is 6. The molecule has 0 unspecified atom stereocenters. The number of ether oxygens (including phenoxy) is 1. The Kier molecular flexibility index (Phi) is 5.18. The number of aliphatic carboxylic acids is 1. The van der Waals surface area contributed by atoms with E-state index in [2.05, 4.69) is 0 Å². The van der Waals surface area contributed by atoms with Crippen LogP contribution in [0, 0.1) is 6.92 Å². The molecule has 0 atom stereocenters. The molecule has 2 aromatic carbocycles. The highest BCUT2D eigenvalue weighted by atomic mass is 32.1. The maximum Gasteiger partial charge on any atom is 0.337 e. The Hall–Kier alpha value is -3.38.